The molecule has 2 nitrogen and oxygen atoms in total. The Bertz CT molecular complexity index is 549. The summed E-state index contributed by atoms with van der Waals surface area (Å²) in [6.07, 6.45) is 1.47. The van der Waals surface area contributed by atoms with Gasteiger partial charge in [0.05, 0.1) is 5.39 Å². The van der Waals surface area contributed by atoms with E-state index in [0.717, 1.165) is 16.5 Å². The molecule has 0 bridgehead atoms. The van der Waals surface area contributed by atoms with Crippen LogP contribution in [0.15, 0.2) is 46.3 Å². The molecule has 0 saturated carbocycles. The van der Waals surface area contributed by atoms with Crippen molar-refractivity contribution in [3.8, 4) is 0 Å². The van der Waals surface area contributed by atoms with Gasteiger partial charge in [-0.15, -0.1) is 0 Å². The van der Waals surface area contributed by atoms with Gasteiger partial charge in [0.2, 0.25) is 0 Å². The Morgan fingerprint density at radius 3 is 2.57 bits per heavy atom. The van der Waals surface area contributed by atoms with E-state index in [9.17, 15) is 4.79 Å². The zero-order chi connectivity index (χ0) is 10.1. The van der Waals surface area contributed by atoms with Crippen LogP contribution in [0.5, 0.6) is 0 Å². The van der Waals surface area contributed by atoms with Crippen molar-refractivity contribution in [2.24, 2.45) is 0 Å². The molecule has 0 fully saturated rings. The fourth-order valence-corrected chi connectivity index (χ4v) is 1.47. The molecule has 0 aliphatic rings. The molecule has 0 saturated heterocycles. The average Bonchev–Trinajstić information content (AvgIpc) is 2.18. The smallest absolute Gasteiger partial charge is 0.343 e. The van der Waals surface area contributed by atoms with Crippen LogP contribution in [0.2, 0.25) is 0 Å². The lowest BCUT2D eigenvalue weighted by Gasteiger charge is -2.02. The molecule has 14 heavy (non-hydrogen) atoms. The Hall–Kier alpha value is -1.83. The normalized spacial score (nSPS) is 10.4. The molecular formula is C12H10O2. The topological polar surface area (TPSA) is 30.2 Å². The molecule has 0 spiro atoms. The second kappa shape index (κ2) is 3.14. The first-order valence-corrected chi connectivity index (χ1v) is 4.36. The Balaban J connectivity index is 2.96. The number of hydrogen-bond acceptors (Lipinski definition) is 2. The van der Waals surface area contributed by atoms with Crippen LogP contribution in [0, 0.1) is 0 Å². The first-order chi connectivity index (χ1) is 6.70. The van der Waals surface area contributed by atoms with Crippen LogP contribution in [-0.4, -0.2) is 0 Å². The van der Waals surface area contributed by atoms with E-state index in [1.54, 1.807) is 6.07 Å². The summed E-state index contributed by atoms with van der Waals surface area (Å²) in [6.45, 7) is 5.73. The highest BCUT2D eigenvalue weighted by Gasteiger charge is 2.05. The number of allylic oxidation sites excluding steroid dienone is 1. The van der Waals surface area contributed by atoms with Crippen LogP contribution in [0.3, 0.4) is 0 Å². The third-order valence-electron chi connectivity index (χ3n) is 2.18. The van der Waals surface area contributed by atoms with Crippen molar-refractivity contribution in [3.05, 3.63) is 53.1 Å². The van der Waals surface area contributed by atoms with Gasteiger partial charge in [-0.25, -0.2) is 4.79 Å². The summed E-state index contributed by atoms with van der Waals surface area (Å²) in [5, 5.41) is 1.50. The summed E-state index contributed by atoms with van der Waals surface area (Å²) >= 11 is 0. The van der Waals surface area contributed by atoms with E-state index in [-0.39, 0.29) is 5.63 Å². The Morgan fingerprint density at radius 1 is 1.29 bits per heavy atom. The minimum Gasteiger partial charge on any atom is -0.430 e. The summed E-state index contributed by atoms with van der Waals surface area (Å²) in [5.41, 5.74) is 1.48. The van der Waals surface area contributed by atoms with Gasteiger partial charge >= 0.3 is 5.63 Å². The standard InChI is InChI=1S/C12H10O2/c1-8(2)11-7-14-12(13)10-6-4-3-5-9(10)11/h3-7H,1H2,2H3. The summed E-state index contributed by atoms with van der Waals surface area (Å²) in [4.78, 5) is 11.4. The van der Waals surface area contributed by atoms with Crippen molar-refractivity contribution in [2.75, 3.05) is 0 Å². The van der Waals surface area contributed by atoms with E-state index in [0.29, 0.717) is 5.39 Å². The number of benzene rings is 1. The van der Waals surface area contributed by atoms with E-state index in [2.05, 4.69) is 6.58 Å². The summed E-state index contributed by atoms with van der Waals surface area (Å²) < 4.78 is 4.92. The third-order valence-corrected chi connectivity index (χ3v) is 2.18. The van der Waals surface area contributed by atoms with Crippen LogP contribution >= 0.6 is 0 Å². The highest BCUT2D eigenvalue weighted by Crippen LogP contribution is 2.20. The van der Waals surface area contributed by atoms with Crippen molar-refractivity contribution >= 4 is 16.3 Å². The first kappa shape index (κ1) is 8.75. The van der Waals surface area contributed by atoms with Crippen molar-refractivity contribution < 1.29 is 4.42 Å². The van der Waals surface area contributed by atoms with Crippen LogP contribution in [0.1, 0.15) is 12.5 Å². The van der Waals surface area contributed by atoms with Crippen molar-refractivity contribution in [3.63, 3.8) is 0 Å². The molecule has 2 aromatic rings. The highest BCUT2D eigenvalue weighted by molar-refractivity contribution is 5.91. The first-order valence-electron chi connectivity index (χ1n) is 4.36. The van der Waals surface area contributed by atoms with Gasteiger partial charge in [0.15, 0.2) is 0 Å². The number of hydrogen-bond donors (Lipinski definition) is 0. The molecule has 0 aliphatic carbocycles. The second-order valence-electron chi connectivity index (χ2n) is 3.26. The van der Waals surface area contributed by atoms with Gasteiger partial charge in [-0.3, -0.25) is 0 Å². The van der Waals surface area contributed by atoms with E-state index in [1.165, 1.54) is 6.26 Å². The fraction of sp³-hybridized carbons (Fsp3) is 0.0833. The Labute approximate surface area is 81.5 Å². The van der Waals surface area contributed by atoms with Crippen molar-refractivity contribution in [1.29, 1.82) is 0 Å². The van der Waals surface area contributed by atoms with Gasteiger partial charge in [0.25, 0.3) is 0 Å². The summed E-state index contributed by atoms with van der Waals surface area (Å²) in [5.74, 6) is 0. The van der Waals surface area contributed by atoms with E-state index < -0.39 is 0 Å². The minimum atomic E-state index is -0.300. The lowest BCUT2D eigenvalue weighted by Crippen LogP contribution is -1.99. The number of rotatable bonds is 1. The molecule has 2 rings (SSSR count). The van der Waals surface area contributed by atoms with Gasteiger partial charge in [-0.2, -0.15) is 0 Å². The predicted octanol–water partition coefficient (Wildman–Crippen LogP) is 2.83. The molecule has 0 atom stereocenters. The minimum absolute atomic E-state index is 0.300. The largest absolute Gasteiger partial charge is 0.430 e. The maximum absolute atomic E-state index is 11.4. The van der Waals surface area contributed by atoms with E-state index in [1.807, 2.05) is 25.1 Å². The molecule has 1 aromatic heterocycles. The quantitative estimate of drug-likeness (QED) is 0.685. The van der Waals surface area contributed by atoms with Crippen LogP contribution < -0.4 is 5.63 Å². The molecule has 70 valence electrons. The monoisotopic (exact) mass is 186 g/mol. The van der Waals surface area contributed by atoms with Gasteiger partial charge in [0, 0.05) is 5.56 Å². The van der Waals surface area contributed by atoms with Crippen LogP contribution in [-0.2, 0) is 0 Å². The molecular weight excluding hydrogens is 176 g/mol. The van der Waals surface area contributed by atoms with Crippen molar-refractivity contribution in [1.82, 2.24) is 0 Å². The van der Waals surface area contributed by atoms with E-state index >= 15 is 0 Å². The molecule has 0 unspecified atom stereocenters. The zero-order valence-electron chi connectivity index (χ0n) is 7.91. The highest BCUT2D eigenvalue weighted by atomic mass is 16.4. The third kappa shape index (κ3) is 1.25. The molecule has 0 radical (unpaired) electrons. The van der Waals surface area contributed by atoms with Crippen LogP contribution in [0.4, 0.5) is 0 Å². The summed E-state index contributed by atoms with van der Waals surface area (Å²) in [7, 11) is 0. The van der Waals surface area contributed by atoms with E-state index in [4.69, 9.17) is 4.42 Å². The van der Waals surface area contributed by atoms with Gasteiger partial charge < -0.3 is 4.42 Å². The fourth-order valence-electron chi connectivity index (χ4n) is 1.47. The average molecular weight is 186 g/mol. The molecule has 0 amide bonds. The van der Waals surface area contributed by atoms with Gasteiger partial charge in [-0.1, -0.05) is 24.8 Å². The number of fused-ring (bicyclic) bond motifs is 1. The Kier molecular flexibility index (Phi) is 1.97. The molecule has 1 heterocycles. The summed E-state index contributed by atoms with van der Waals surface area (Å²) in [6, 6.07) is 7.37. The van der Waals surface area contributed by atoms with Crippen LogP contribution in [0.25, 0.3) is 16.3 Å². The second-order valence-corrected chi connectivity index (χ2v) is 3.26. The molecule has 0 N–H and O–H groups in total. The maximum Gasteiger partial charge on any atom is 0.343 e. The molecule has 1 aromatic carbocycles. The lowest BCUT2D eigenvalue weighted by molar-refractivity contribution is 0.518. The maximum atomic E-state index is 11.4. The van der Waals surface area contributed by atoms with Gasteiger partial charge in [-0.05, 0) is 23.9 Å². The lowest BCUT2D eigenvalue weighted by atomic mass is 10.0. The zero-order valence-corrected chi connectivity index (χ0v) is 7.91. The molecule has 2 heteroatoms. The van der Waals surface area contributed by atoms with Gasteiger partial charge in [0.1, 0.15) is 6.26 Å². The predicted molar refractivity (Wildman–Crippen MR) is 57.2 cm³/mol. The SMILES string of the molecule is C=C(C)c1coc(=O)c2ccccc12. The molecule has 0 aliphatic heterocycles. The Morgan fingerprint density at radius 2 is 1.93 bits per heavy atom. The van der Waals surface area contributed by atoms with Crippen molar-refractivity contribution in [2.45, 2.75) is 6.92 Å².